The molecule has 1 spiro atoms. The Labute approximate surface area is 143 Å². The van der Waals surface area contributed by atoms with Crippen LogP contribution in [0.15, 0.2) is 18.5 Å². The number of piperazine rings is 1. The lowest BCUT2D eigenvalue weighted by Gasteiger charge is -2.44. The standard InChI is InChI=1S/C18H27N5O/c1-2-21-9-11-22(12-10-21)16(24)15-13-23(14-18(15)5-3-6-18)17-19-7-4-8-20-17/h4,7-8,15H,2-3,5-6,9-14H2,1H3. The zero-order valence-corrected chi connectivity index (χ0v) is 14.5. The van der Waals surface area contributed by atoms with Crippen molar-refractivity contribution < 1.29 is 4.79 Å². The molecule has 3 aliphatic rings. The first-order valence-electron chi connectivity index (χ1n) is 9.25. The van der Waals surface area contributed by atoms with Gasteiger partial charge in [0.05, 0.1) is 5.92 Å². The maximum Gasteiger partial charge on any atom is 0.228 e. The molecule has 0 bridgehead atoms. The van der Waals surface area contributed by atoms with Gasteiger partial charge in [0.15, 0.2) is 0 Å². The largest absolute Gasteiger partial charge is 0.340 e. The minimum absolute atomic E-state index is 0.114. The molecular formula is C18H27N5O. The molecule has 2 saturated heterocycles. The highest BCUT2D eigenvalue weighted by Crippen LogP contribution is 2.52. The molecule has 0 radical (unpaired) electrons. The molecule has 0 aromatic carbocycles. The summed E-state index contributed by atoms with van der Waals surface area (Å²) in [5.74, 6) is 1.25. The van der Waals surface area contributed by atoms with E-state index in [1.54, 1.807) is 12.4 Å². The second-order valence-corrected chi connectivity index (χ2v) is 7.46. The molecule has 4 rings (SSSR count). The number of hydrogen-bond donors (Lipinski definition) is 0. The minimum Gasteiger partial charge on any atom is -0.340 e. The number of carbonyl (C=O) groups is 1. The van der Waals surface area contributed by atoms with Crippen LogP contribution in [0.5, 0.6) is 0 Å². The first kappa shape index (κ1) is 15.8. The molecule has 6 nitrogen and oxygen atoms in total. The van der Waals surface area contributed by atoms with Crippen molar-refractivity contribution in [2.45, 2.75) is 26.2 Å². The summed E-state index contributed by atoms with van der Waals surface area (Å²) >= 11 is 0. The minimum atomic E-state index is 0.114. The highest BCUT2D eigenvalue weighted by Gasteiger charge is 2.54. The highest BCUT2D eigenvalue weighted by molar-refractivity contribution is 5.81. The third-order valence-corrected chi connectivity index (χ3v) is 6.26. The maximum atomic E-state index is 13.2. The van der Waals surface area contributed by atoms with Crippen LogP contribution in [0.1, 0.15) is 26.2 Å². The van der Waals surface area contributed by atoms with Gasteiger partial charge in [-0.3, -0.25) is 4.79 Å². The molecule has 3 heterocycles. The van der Waals surface area contributed by atoms with E-state index < -0.39 is 0 Å². The van der Waals surface area contributed by atoms with Crippen LogP contribution < -0.4 is 4.90 Å². The monoisotopic (exact) mass is 329 g/mol. The molecule has 2 aliphatic heterocycles. The highest BCUT2D eigenvalue weighted by atomic mass is 16.2. The van der Waals surface area contributed by atoms with E-state index in [1.165, 1.54) is 19.3 Å². The van der Waals surface area contributed by atoms with Crippen LogP contribution in [-0.4, -0.2) is 71.5 Å². The van der Waals surface area contributed by atoms with Gasteiger partial charge < -0.3 is 14.7 Å². The van der Waals surface area contributed by atoms with Gasteiger partial charge in [-0.2, -0.15) is 0 Å². The summed E-state index contributed by atoms with van der Waals surface area (Å²) in [6, 6.07) is 1.84. The fraction of sp³-hybridized carbons (Fsp3) is 0.722. The maximum absolute atomic E-state index is 13.2. The summed E-state index contributed by atoms with van der Waals surface area (Å²) in [6.45, 7) is 8.74. The molecule has 1 saturated carbocycles. The van der Waals surface area contributed by atoms with Gasteiger partial charge in [-0.15, -0.1) is 0 Å². The molecule has 1 amide bonds. The van der Waals surface area contributed by atoms with Crippen molar-refractivity contribution in [3.63, 3.8) is 0 Å². The number of amides is 1. The number of hydrogen-bond acceptors (Lipinski definition) is 5. The van der Waals surface area contributed by atoms with E-state index in [-0.39, 0.29) is 11.3 Å². The lowest BCUT2D eigenvalue weighted by molar-refractivity contribution is -0.142. The first-order chi connectivity index (χ1) is 11.7. The van der Waals surface area contributed by atoms with Crippen molar-refractivity contribution in [2.75, 3.05) is 50.7 Å². The molecule has 1 unspecified atom stereocenters. The number of anilines is 1. The Balaban J connectivity index is 1.48. The molecular weight excluding hydrogens is 302 g/mol. The van der Waals surface area contributed by atoms with E-state index in [4.69, 9.17) is 0 Å². The predicted octanol–water partition coefficient (Wildman–Crippen LogP) is 1.25. The number of nitrogens with zero attached hydrogens (tertiary/aromatic N) is 5. The Morgan fingerprint density at radius 3 is 2.50 bits per heavy atom. The lowest BCUT2D eigenvalue weighted by Crippen LogP contribution is -2.53. The van der Waals surface area contributed by atoms with E-state index >= 15 is 0 Å². The normalized spacial score (nSPS) is 26.6. The summed E-state index contributed by atoms with van der Waals surface area (Å²) in [7, 11) is 0. The Morgan fingerprint density at radius 2 is 1.92 bits per heavy atom. The van der Waals surface area contributed by atoms with Crippen molar-refractivity contribution in [1.82, 2.24) is 19.8 Å². The van der Waals surface area contributed by atoms with Crippen molar-refractivity contribution in [3.8, 4) is 0 Å². The van der Waals surface area contributed by atoms with Crippen molar-refractivity contribution in [2.24, 2.45) is 11.3 Å². The Bertz CT molecular complexity index is 580. The second kappa shape index (κ2) is 6.31. The van der Waals surface area contributed by atoms with Gasteiger partial charge >= 0.3 is 0 Å². The van der Waals surface area contributed by atoms with Crippen LogP contribution in [0, 0.1) is 11.3 Å². The van der Waals surface area contributed by atoms with Gasteiger partial charge in [-0.1, -0.05) is 13.3 Å². The van der Waals surface area contributed by atoms with E-state index in [0.717, 1.165) is 51.8 Å². The van der Waals surface area contributed by atoms with Crippen LogP contribution in [0.3, 0.4) is 0 Å². The zero-order valence-electron chi connectivity index (χ0n) is 14.5. The molecule has 1 aliphatic carbocycles. The van der Waals surface area contributed by atoms with E-state index in [9.17, 15) is 4.79 Å². The van der Waals surface area contributed by atoms with Crippen LogP contribution in [-0.2, 0) is 4.79 Å². The smallest absolute Gasteiger partial charge is 0.228 e. The Hall–Kier alpha value is -1.69. The number of aromatic nitrogens is 2. The Kier molecular flexibility index (Phi) is 4.16. The fourth-order valence-electron chi connectivity index (χ4n) is 4.56. The van der Waals surface area contributed by atoms with Crippen LogP contribution >= 0.6 is 0 Å². The first-order valence-corrected chi connectivity index (χ1v) is 9.25. The van der Waals surface area contributed by atoms with Crippen LogP contribution in [0.4, 0.5) is 5.95 Å². The predicted molar refractivity (Wildman–Crippen MR) is 92.7 cm³/mol. The molecule has 0 N–H and O–H groups in total. The molecule has 6 heteroatoms. The third kappa shape index (κ3) is 2.66. The Morgan fingerprint density at radius 1 is 1.21 bits per heavy atom. The van der Waals surface area contributed by atoms with Crippen molar-refractivity contribution in [3.05, 3.63) is 18.5 Å². The summed E-state index contributed by atoms with van der Waals surface area (Å²) in [6.07, 6.45) is 7.16. The number of likely N-dealkylation sites (N-methyl/N-ethyl adjacent to an activating group) is 1. The third-order valence-electron chi connectivity index (χ3n) is 6.26. The molecule has 130 valence electrons. The molecule has 24 heavy (non-hydrogen) atoms. The van der Waals surface area contributed by atoms with Gasteiger partial charge in [0, 0.05) is 57.1 Å². The molecule has 1 aromatic rings. The summed E-state index contributed by atoms with van der Waals surface area (Å²) in [5.41, 5.74) is 0.165. The average molecular weight is 329 g/mol. The SMILES string of the molecule is CCN1CCN(C(=O)C2CN(c3ncccn3)CC23CCC3)CC1. The second-order valence-electron chi connectivity index (χ2n) is 7.46. The van der Waals surface area contributed by atoms with Gasteiger partial charge in [0.2, 0.25) is 11.9 Å². The van der Waals surface area contributed by atoms with E-state index in [1.807, 2.05) is 6.07 Å². The lowest BCUT2D eigenvalue weighted by atomic mass is 9.62. The average Bonchev–Trinajstić information content (AvgIpc) is 3.03. The topological polar surface area (TPSA) is 52.6 Å². The number of carbonyl (C=O) groups excluding carboxylic acids is 1. The van der Waals surface area contributed by atoms with E-state index in [0.29, 0.717) is 5.91 Å². The molecule has 1 aromatic heterocycles. The number of rotatable bonds is 3. The zero-order chi connectivity index (χ0) is 16.6. The van der Waals surface area contributed by atoms with E-state index in [2.05, 4.69) is 31.6 Å². The van der Waals surface area contributed by atoms with Gasteiger partial charge in [0.1, 0.15) is 0 Å². The summed E-state index contributed by atoms with van der Waals surface area (Å²) < 4.78 is 0. The van der Waals surface area contributed by atoms with Crippen molar-refractivity contribution >= 4 is 11.9 Å². The van der Waals surface area contributed by atoms with Crippen LogP contribution in [0.25, 0.3) is 0 Å². The fourth-order valence-corrected chi connectivity index (χ4v) is 4.56. The van der Waals surface area contributed by atoms with Gasteiger partial charge in [-0.25, -0.2) is 9.97 Å². The van der Waals surface area contributed by atoms with Crippen molar-refractivity contribution in [1.29, 1.82) is 0 Å². The molecule has 3 fully saturated rings. The van der Waals surface area contributed by atoms with Crippen LogP contribution in [0.2, 0.25) is 0 Å². The molecule has 1 atom stereocenters. The van der Waals surface area contributed by atoms with Gasteiger partial charge in [-0.05, 0) is 25.5 Å². The van der Waals surface area contributed by atoms with Gasteiger partial charge in [0.25, 0.3) is 0 Å². The summed E-state index contributed by atoms with van der Waals surface area (Å²) in [5, 5.41) is 0. The summed E-state index contributed by atoms with van der Waals surface area (Å²) in [4.78, 5) is 28.8. The quantitative estimate of drug-likeness (QED) is 0.835.